The minimum Gasteiger partial charge on any atom is -0.497 e. The van der Waals surface area contributed by atoms with E-state index in [1.807, 2.05) is 41.1 Å². The fourth-order valence-electron chi connectivity index (χ4n) is 4.98. The normalized spacial score (nSPS) is 19.5. The molecule has 0 spiro atoms. The van der Waals surface area contributed by atoms with E-state index in [0.29, 0.717) is 0 Å². The number of nitrogens with two attached hydrogens (primary N) is 1. The minimum atomic E-state index is -0.345. The van der Waals surface area contributed by atoms with Crippen LogP contribution in [-0.2, 0) is 24.3 Å². The first-order chi connectivity index (χ1) is 15.0. The predicted octanol–water partition coefficient (Wildman–Crippen LogP) is 2.95. The molecule has 1 aliphatic heterocycles. The fraction of sp³-hybridized carbons (Fsp3) is 0.400. The summed E-state index contributed by atoms with van der Waals surface area (Å²) in [6.07, 6.45) is 4.92. The second-order valence-corrected chi connectivity index (χ2v) is 8.77. The van der Waals surface area contributed by atoms with Gasteiger partial charge in [0.2, 0.25) is 5.91 Å². The first-order valence-corrected chi connectivity index (χ1v) is 10.8. The zero-order valence-electron chi connectivity index (χ0n) is 18.1. The zero-order valence-corrected chi connectivity index (χ0v) is 18.1. The van der Waals surface area contributed by atoms with Crippen molar-refractivity contribution in [2.24, 2.45) is 11.1 Å². The van der Waals surface area contributed by atoms with E-state index in [9.17, 15) is 9.90 Å². The Kier molecular flexibility index (Phi) is 6.30. The highest BCUT2D eigenvalue weighted by molar-refractivity contribution is 5.85. The maximum atomic E-state index is 11.5. The number of benzene rings is 2. The number of methoxy groups -OCH3 is 1. The SMILES string of the molecule is COc1cccc(C[C@@]2(CO)CCCN(Cc3cn(CC(N)=O)c4ccccc34)C2)c1. The molecular weight excluding hydrogens is 390 g/mol. The molecule has 6 nitrogen and oxygen atoms in total. The van der Waals surface area contributed by atoms with Crippen LogP contribution in [0.15, 0.2) is 54.7 Å². The topological polar surface area (TPSA) is 80.7 Å². The van der Waals surface area contributed by atoms with Gasteiger partial charge in [-0.15, -0.1) is 0 Å². The van der Waals surface area contributed by atoms with E-state index in [1.54, 1.807) is 7.11 Å². The van der Waals surface area contributed by atoms with Crippen molar-refractivity contribution in [3.63, 3.8) is 0 Å². The Hall–Kier alpha value is -2.83. The predicted molar refractivity (Wildman–Crippen MR) is 122 cm³/mol. The van der Waals surface area contributed by atoms with Crippen LogP contribution in [0.5, 0.6) is 5.75 Å². The molecule has 1 saturated heterocycles. The molecule has 3 N–H and O–H groups in total. The number of primary amides is 1. The molecule has 0 bridgehead atoms. The summed E-state index contributed by atoms with van der Waals surface area (Å²) in [4.78, 5) is 13.9. The van der Waals surface area contributed by atoms with E-state index in [4.69, 9.17) is 10.5 Å². The Bertz CT molecular complexity index is 1060. The highest BCUT2D eigenvalue weighted by Gasteiger charge is 2.35. The number of amides is 1. The van der Waals surface area contributed by atoms with Crippen molar-refractivity contribution in [2.75, 3.05) is 26.8 Å². The van der Waals surface area contributed by atoms with Crippen molar-refractivity contribution in [1.29, 1.82) is 0 Å². The number of likely N-dealkylation sites (tertiary alicyclic amines) is 1. The van der Waals surface area contributed by atoms with Gasteiger partial charge in [-0.2, -0.15) is 0 Å². The van der Waals surface area contributed by atoms with E-state index < -0.39 is 0 Å². The van der Waals surface area contributed by atoms with Crippen LogP contribution in [0.4, 0.5) is 0 Å². The summed E-state index contributed by atoms with van der Waals surface area (Å²) < 4.78 is 7.31. The molecular formula is C25H31N3O3. The minimum absolute atomic E-state index is 0.157. The maximum Gasteiger partial charge on any atom is 0.237 e. The second-order valence-electron chi connectivity index (χ2n) is 8.77. The molecule has 3 aromatic rings. The summed E-state index contributed by atoms with van der Waals surface area (Å²) in [5, 5.41) is 11.5. The Labute approximate surface area is 183 Å². The highest BCUT2D eigenvalue weighted by Crippen LogP contribution is 2.35. The van der Waals surface area contributed by atoms with Gasteiger partial charge in [-0.05, 0) is 55.1 Å². The standard InChI is InChI=1S/C25H31N3O3/c1-31-21-7-4-6-19(12-21)13-25(18-29)10-5-11-27(17-25)14-20-15-28(16-24(26)30)23-9-3-2-8-22(20)23/h2-4,6-9,12,15,29H,5,10-11,13-14,16-18H2,1H3,(H2,26,30)/t25-/m0/s1. The van der Waals surface area contributed by atoms with Gasteiger partial charge in [-0.25, -0.2) is 0 Å². The number of ether oxygens (including phenoxy) is 1. The molecule has 1 amide bonds. The molecule has 0 radical (unpaired) electrons. The number of rotatable bonds is 8. The Morgan fingerprint density at radius 2 is 2.06 bits per heavy atom. The summed E-state index contributed by atoms with van der Waals surface area (Å²) in [5.74, 6) is 0.503. The molecule has 164 valence electrons. The highest BCUT2D eigenvalue weighted by atomic mass is 16.5. The van der Waals surface area contributed by atoms with Crippen molar-refractivity contribution in [3.05, 3.63) is 65.9 Å². The van der Waals surface area contributed by atoms with Gasteiger partial charge >= 0.3 is 0 Å². The molecule has 1 atom stereocenters. The molecule has 2 heterocycles. The third-order valence-electron chi connectivity index (χ3n) is 6.38. The second kappa shape index (κ2) is 9.12. The molecule has 0 saturated carbocycles. The molecule has 6 heteroatoms. The van der Waals surface area contributed by atoms with Crippen LogP contribution in [0, 0.1) is 5.41 Å². The van der Waals surface area contributed by atoms with Gasteiger partial charge < -0.3 is 20.1 Å². The Morgan fingerprint density at radius 1 is 1.23 bits per heavy atom. The number of carbonyl (C=O) groups excluding carboxylic acids is 1. The number of para-hydroxylation sites is 1. The molecule has 2 aromatic carbocycles. The quantitative estimate of drug-likeness (QED) is 0.586. The summed E-state index contributed by atoms with van der Waals surface area (Å²) in [6.45, 7) is 2.94. The monoisotopic (exact) mass is 421 g/mol. The molecule has 1 fully saturated rings. The van der Waals surface area contributed by atoms with E-state index in [1.165, 1.54) is 11.1 Å². The third kappa shape index (κ3) is 4.75. The van der Waals surface area contributed by atoms with E-state index >= 15 is 0 Å². The summed E-state index contributed by atoms with van der Waals surface area (Å²) in [7, 11) is 1.68. The van der Waals surface area contributed by atoms with Gasteiger partial charge in [0.25, 0.3) is 0 Å². The number of piperidine rings is 1. The smallest absolute Gasteiger partial charge is 0.237 e. The number of hydrogen-bond acceptors (Lipinski definition) is 4. The van der Waals surface area contributed by atoms with E-state index in [2.05, 4.69) is 23.1 Å². The van der Waals surface area contributed by atoms with Crippen LogP contribution in [-0.4, -0.2) is 47.3 Å². The number of hydrogen-bond donors (Lipinski definition) is 2. The van der Waals surface area contributed by atoms with Crippen molar-refractivity contribution in [2.45, 2.75) is 32.4 Å². The molecule has 1 aromatic heterocycles. The van der Waals surface area contributed by atoms with Crippen LogP contribution in [0.1, 0.15) is 24.0 Å². The van der Waals surface area contributed by atoms with Crippen molar-refractivity contribution in [3.8, 4) is 5.75 Å². The van der Waals surface area contributed by atoms with Gasteiger partial charge in [0, 0.05) is 35.6 Å². The number of fused-ring (bicyclic) bond motifs is 1. The Morgan fingerprint density at radius 3 is 2.84 bits per heavy atom. The van der Waals surface area contributed by atoms with Crippen molar-refractivity contribution in [1.82, 2.24) is 9.47 Å². The number of carbonyl (C=O) groups is 1. The van der Waals surface area contributed by atoms with E-state index in [0.717, 1.165) is 55.5 Å². The van der Waals surface area contributed by atoms with E-state index in [-0.39, 0.29) is 24.5 Å². The largest absolute Gasteiger partial charge is 0.497 e. The molecule has 0 unspecified atom stereocenters. The average molecular weight is 422 g/mol. The summed E-state index contributed by atoms with van der Waals surface area (Å²) >= 11 is 0. The number of aliphatic hydroxyl groups is 1. The zero-order chi connectivity index (χ0) is 21.8. The lowest BCUT2D eigenvalue weighted by atomic mass is 9.75. The maximum absolute atomic E-state index is 11.5. The molecule has 1 aliphatic rings. The van der Waals surface area contributed by atoms with Crippen molar-refractivity contribution < 1.29 is 14.6 Å². The van der Waals surface area contributed by atoms with Gasteiger partial charge in [-0.1, -0.05) is 30.3 Å². The fourth-order valence-corrected chi connectivity index (χ4v) is 4.98. The number of nitrogens with zero attached hydrogens (tertiary/aromatic N) is 2. The van der Waals surface area contributed by atoms with Gasteiger partial charge in [0.05, 0.1) is 13.7 Å². The molecule has 31 heavy (non-hydrogen) atoms. The van der Waals surface area contributed by atoms with Crippen LogP contribution < -0.4 is 10.5 Å². The van der Waals surface area contributed by atoms with Gasteiger partial charge in [0.15, 0.2) is 0 Å². The molecule has 4 rings (SSSR count). The third-order valence-corrected chi connectivity index (χ3v) is 6.38. The van der Waals surface area contributed by atoms with Crippen LogP contribution in [0.25, 0.3) is 10.9 Å². The average Bonchev–Trinajstić information content (AvgIpc) is 3.10. The van der Waals surface area contributed by atoms with Crippen LogP contribution >= 0.6 is 0 Å². The number of aromatic nitrogens is 1. The lowest BCUT2D eigenvalue weighted by Gasteiger charge is -2.42. The van der Waals surface area contributed by atoms with Crippen LogP contribution in [0.2, 0.25) is 0 Å². The first kappa shape index (κ1) is 21.4. The van der Waals surface area contributed by atoms with Gasteiger partial charge in [-0.3, -0.25) is 9.69 Å². The van der Waals surface area contributed by atoms with Crippen LogP contribution in [0.3, 0.4) is 0 Å². The number of aliphatic hydroxyl groups excluding tert-OH is 1. The van der Waals surface area contributed by atoms with Gasteiger partial charge in [0.1, 0.15) is 12.3 Å². The lowest BCUT2D eigenvalue weighted by molar-refractivity contribution is -0.118. The first-order valence-electron chi connectivity index (χ1n) is 10.8. The summed E-state index contributed by atoms with van der Waals surface area (Å²) in [6, 6.07) is 16.3. The summed E-state index contributed by atoms with van der Waals surface area (Å²) in [5.41, 5.74) is 8.68. The van der Waals surface area contributed by atoms with Crippen molar-refractivity contribution >= 4 is 16.8 Å². The molecule has 0 aliphatic carbocycles. The lowest BCUT2D eigenvalue weighted by Crippen LogP contribution is -2.46. The Balaban J connectivity index is 1.55.